The quantitative estimate of drug-likeness (QED) is 0.864. The fourth-order valence-electron chi connectivity index (χ4n) is 2.03. The van der Waals surface area contributed by atoms with Crippen molar-refractivity contribution < 1.29 is 9.50 Å². The average Bonchev–Trinajstić information content (AvgIpc) is 2.42. The second kappa shape index (κ2) is 6.34. The molecule has 19 heavy (non-hydrogen) atoms. The van der Waals surface area contributed by atoms with Crippen molar-refractivity contribution in [3.63, 3.8) is 0 Å². The van der Waals surface area contributed by atoms with E-state index in [0.29, 0.717) is 12.1 Å². The van der Waals surface area contributed by atoms with Gasteiger partial charge in [-0.3, -0.25) is 0 Å². The van der Waals surface area contributed by atoms with Crippen molar-refractivity contribution in [3.05, 3.63) is 65.5 Å². The molecule has 1 atom stereocenters. The van der Waals surface area contributed by atoms with Gasteiger partial charge in [-0.1, -0.05) is 42.5 Å². The van der Waals surface area contributed by atoms with Crippen LogP contribution in [-0.2, 0) is 13.0 Å². The Labute approximate surface area is 112 Å². The number of phenols is 1. The second-order valence-electron chi connectivity index (χ2n) is 4.72. The molecule has 2 rings (SSSR count). The Morgan fingerprint density at radius 3 is 2.58 bits per heavy atom. The number of para-hydroxylation sites is 1. The van der Waals surface area contributed by atoms with Crippen LogP contribution in [0.15, 0.2) is 48.5 Å². The molecule has 0 bridgehead atoms. The summed E-state index contributed by atoms with van der Waals surface area (Å²) in [4.78, 5) is 0. The fraction of sp³-hybridized carbons (Fsp3) is 0.250. The molecular weight excluding hydrogens is 241 g/mol. The minimum absolute atomic E-state index is 0.255. The predicted octanol–water partition coefficient (Wildman–Crippen LogP) is 3.25. The largest absolute Gasteiger partial charge is 0.505 e. The molecule has 0 aliphatic heterocycles. The van der Waals surface area contributed by atoms with Crippen LogP contribution in [0.2, 0.25) is 0 Å². The highest BCUT2D eigenvalue weighted by atomic mass is 19.1. The van der Waals surface area contributed by atoms with E-state index in [-0.39, 0.29) is 11.8 Å². The highest BCUT2D eigenvalue weighted by Crippen LogP contribution is 2.20. The van der Waals surface area contributed by atoms with Crippen molar-refractivity contribution in [2.24, 2.45) is 0 Å². The maximum absolute atomic E-state index is 13.2. The fourth-order valence-corrected chi connectivity index (χ4v) is 2.03. The number of nitrogens with one attached hydrogen (secondary N) is 1. The lowest BCUT2D eigenvalue weighted by Gasteiger charge is -2.14. The zero-order chi connectivity index (χ0) is 13.7. The Bertz CT molecular complexity index is 528. The molecule has 0 heterocycles. The predicted molar refractivity (Wildman–Crippen MR) is 74.5 cm³/mol. The molecule has 0 radical (unpaired) electrons. The molecule has 0 spiro atoms. The van der Waals surface area contributed by atoms with Gasteiger partial charge in [0.25, 0.3) is 0 Å². The van der Waals surface area contributed by atoms with Gasteiger partial charge in [0, 0.05) is 18.2 Å². The monoisotopic (exact) mass is 259 g/mol. The van der Waals surface area contributed by atoms with Crippen LogP contribution in [-0.4, -0.2) is 11.1 Å². The van der Waals surface area contributed by atoms with E-state index in [2.05, 4.69) is 24.4 Å². The molecule has 1 unspecified atom stereocenters. The SMILES string of the molecule is CC(Cc1ccccc1)NCc1cccc(F)c1O. The van der Waals surface area contributed by atoms with E-state index in [9.17, 15) is 9.50 Å². The molecule has 0 aliphatic rings. The first-order chi connectivity index (χ1) is 9.16. The first-order valence-corrected chi connectivity index (χ1v) is 6.40. The molecule has 2 aromatic rings. The third-order valence-corrected chi connectivity index (χ3v) is 3.10. The summed E-state index contributed by atoms with van der Waals surface area (Å²) < 4.78 is 13.2. The van der Waals surface area contributed by atoms with Crippen LogP contribution in [0.1, 0.15) is 18.1 Å². The molecule has 3 heteroatoms. The van der Waals surface area contributed by atoms with Crippen LogP contribution in [0.4, 0.5) is 4.39 Å². The lowest BCUT2D eigenvalue weighted by Crippen LogP contribution is -2.27. The zero-order valence-corrected chi connectivity index (χ0v) is 10.9. The number of aromatic hydroxyl groups is 1. The van der Waals surface area contributed by atoms with Gasteiger partial charge in [-0.2, -0.15) is 0 Å². The normalized spacial score (nSPS) is 12.3. The minimum Gasteiger partial charge on any atom is -0.505 e. The molecule has 0 amide bonds. The van der Waals surface area contributed by atoms with E-state index in [1.165, 1.54) is 11.6 Å². The molecular formula is C16H18FNO. The summed E-state index contributed by atoms with van der Waals surface area (Å²) in [6.45, 7) is 2.53. The number of rotatable bonds is 5. The Hall–Kier alpha value is -1.87. The van der Waals surface area contributed by atoms with Gasteiger partial charge in [-0.25, -0.2) is 4.39 Å². The first kappa shape index (κ1) is 13.6. The van der Waals surface area contributed by atoms with Crippen molar-refractivity contribution in [2.75, 3.05) is 0 Å². The summed E-state index contributed by atoms with van der Waals surface area (Å²) in [6.07, 6.45) is 0.900. The lowest BCUT2D eigenvalue weighted by atomic mass is 10.1. The lowest BCUT2D eigenvalue weighted by molar-refractivity contribution is 0.420. The van der Waals surface area contributed by atoms with Gasteiger partial charge in [-0.05, 0) is 25.0 Å². The third-order valence-electron chi connectivity index (χ3n) is 3.10. The molecule has 0 fully saturated rings. The summed E-state index contributed by atoms with van der Waals surface area (Å²) in [5.74, 6) is -0.836. The molecule has 2 nitrogen and oxygen atoms in total. The first-order valence-electron chi connectivity index (χ1n) is 6.40. The summed E-state index contributed by atoms with van der Waals surface area (Å²) in [5.41, 5.74) is 1.84. The topological polar surface area (TPSA) is 32.3 Å². The third kappa shape index (κ3) is 3.80. The van der Waals surface area contributed by atoms with Crippen LogP contribution in [0.3, 0.4) is 0 Å². The number of hydrogen-bond acceptors (Lipinski definition) is 2. The van der Waals surface area contributed by atoms with E-state index >= 15 is 0 Å². The van der Waals surface area contributed by atoms with Gasteiger partial charge in [0.15, 0.2) is 11.6 Å². The zero-order valence-electron chi connectivity index (χ0n) is 10.9. The standard InChI is InChI=1S/C16H18FNO/c1-12(10-13-6-3-2-4-7-13)18-11-14-8-5-9-15(17)16(14)19/h2-9,12,18-19H,10-11H2,1H3. The summed E-state index contributed by atoms with van der Waals surface area (Å²) in [7, 11) is 0. The molecule has 0 aromatic heterocycles. The van der Waals surface area contributed by atoms with Crippen LogP contribution in [0.25, 0.3) is 0 Å². The van der Waals surface area contributed by atoms with Crippen LogP contribution in [0.5, 0.6) is 5.75 Å². The summed E-state index contributed by atoms with van der Waals surface area (Å²) in [6, 6.07) is 15.0. The van der Waals surface area contributed by atoms with E-state index in [1.54, 1.807) is 12.1 Å². The van der Waals surface area contributed by atoms with Crippen molar-refractivity contribution in [1.29, 1.82) is 0 Å². The highest BCUT2D eigenvalue weighted by Gasteiger charge is 2.08. The van der Waals surface area contributed by atoms with Gasteiger partial charge in [0.1, 0.15) is 0 Å². The molecule has 0 saturated carbocycles. The van der Waals surface area contributed by atoms with E-state index in [0.717, 1.165) is 6.42 Å². The Morgan fingerprint density at radius 1 is 1.11 bits per heavy atom. The Kier molecular flexibility index (Phi) is 4.53. The van der Waals surface area contributed by atoms with Crippen molar-refractivity contribution in [1.82, 2.24) is 5.32 Å². The summed E-state index contributed by atoms with van der Waals surface area (Å²) >= 11 is 0. The van der Waals surface area contributed by atoms with Crippen LogP contribution < -0.4 is 5.32 Å². The van der Waals surface area contributed by atoms with Crippen molar-refractivity contribution in [2.45, 2.75) is 25.9 Å². The number of halogens is 1. The Morgan fingerprint density at radius 2 is 1.84 bits per heavy atom. The number of phenolic OH excluding ortho intramolecular Hbond substituents is 1. The van der Waals surface area contributed by atoms with Crippen molar-refractivity contribution in [3.8, 4) is 5.75 Å². The van der Waals surface area contributed by atoms with E-state index < -0.39 is 5.82 Å². The maximum atomic E-state index is 13.2. The number of hydrogen-bond donors (Lipinski definition) is 2. The van der Waals surface area contributed by atoms with E-state index in [4.69, 9.17) is 0 Å². The minimum atomic E-state index is -0.574. The smallest absolute Gasteiger partial charge is 0.165 e. The van der Waals surface area contributed by atoms with Gasteiger partial charge in [0.2, 0.25) is 0 Å². The molecule has 0 aliphatic carbocycles. The van der Waals surface area contributed by atoms with Crippen molar-refractivity contribution >= 4 is 0 Å². The highest BCUT2D eigenvalue weighted by molar-refractivity contribution is 5.33. The average molecular weight is 259 g/mol. The van der Waals surface area contributed by atoms with Gasteiger partial charge >= 0.3 is 0 Å². The Balaban J connectivity index is 1.90. The van der Waals surface area contributed by atoms with Gasteiger partial charge in [-0.15, -0.1) is 0 Å². The maximum Gasteiger partial charge on any atom is 0.165 e. The van der Waals surface area contributed by atoms with Crippen LogP contribution >= 0.6 is 0 Å². The molecule has 100 valence electrons. The molecule has 0 saturated heterocycles. The second-order valence-corrected chi connectivity index (χ2v) is 4.72. The van der Waals surface area contributed by atoms with Gasteiger partial charge < -0.3 is 10.4 Å². The van der Waals surface area contributed by atoms with Gasteiger partial charge in [0.05, 0.1) is 0 Å². The summed E-state index contributed by atoms with van der Waals surface area (Å²) in [5, 5.41) is 12.9. The van der Waals surface area contributed by atoms with Crippen LogP contribution in [0, 0.1) is 5.82 Å². The number of benzene rings is 2. The van der Waals surface area contributed by atoms with E-state index in [1.807, 2.05) is 18.2 Å². The molecule has 2 N–H and O–H groups in total. The molecule has 2 aromatic carbocycles.